The Morgan fingerprint density at radius 2 is 2.00 bits per heavy atom. The lowest BCUT2D eigenvalue weighted by atomic mass is 10.1. The lowest BCUT2D eigenvalue weighted by Gasteiger charge is -2.36. The highest BCUT2D eigenvalue weighted by molar-refractivity contribution is 5.81. The molecule has 0 aliphatic carbocycles. The Labute approximate surface area is 126 Å². The first kappa shape index (κ1) is 18.6. The van der Waals surface area contributed by atoms with Gasteiger partial charge in [-0.3, -0.25) is 4.48 Å². The summed E-state index contributed by atoms with van der Waals surface area (Å²) in [6, 6.07) is 9.61. The summed E-state index contributed by atoms with van der Waals surface area (Å²) in [7, 11) is 3.95. The van der Waals surface area contributed by atoms with Crippen LogP contribution in [0.4, 0.5) is 0 Å². The molecule has 0 radical (unpaired) electrons. The molecule has 20 heavy (non-hydrogen) atoms. The second kappa shape index (κ2) is 8.74. The summed E-state index contributed by atoms with van der Waals surface area (Å²) in [6.45, 7) is 4.26. The van der Waals surface area contributed by atoms with Gasteiger partial charge in [0.1, 0.15) is 0 Å². The smallest absolute Gasteiger partial charge is 0.334 e. The van der Waals surface area contributed by atoms with Gasteiger partial charge in [-0.1, -0.05) is 24.8 Å². The predicted molar refractivity (Wildman–Crippen MR) is 74.2 cm³/mol. The number of rotatable bonds is 7. The van der Waals surface area contributed by atoms with E-state index < -0.39 is 12.2 Å². The fourth-order valence-electron chi connectivity index (χ4n) is 1.99. The van der Waals surface area contributed by atoms with Crippen LogP contribution in [0.5, 0.6) is 0 Å². The SMILES string of the molecule is C=CC(=O)OC(c1ccccc1)[N+](C)(C)CCCO.[Cl-]. The van der Waals surface area contributed by atoms with Crippen molar-refractivity contribution in [1.82, 2.24) is 0 Å². The Kier molecular flexibility index (Phi) is 8.15. The van der Waals surface area contributed by atoms with E-state index in [9.17, 15) is 4.79 Å². The molecule has 5 heteroatoms. The van der Waals surface area contributed by atoms with Gasteiger partial charge in [-0.05, 0) is 12.1 Å². The molecule has 1 unspecified atom stereocenters. The van der Waals surface area contributed by atoms with E-state index in [1.54, 1.807) is 0 Å². The number of ether oxygens (including phenoxy) is 1. The largest absolute Gasteiger partial charge is 1.00 e. The zero-order chi connectivity index (χ0) is 14.3. The van der Waals surface area contributed by atoms with E-state index in [0.717, 1.165) is 5.56 Å². The molecule has 1 atom stereocenters. The first-order chi connectivity index (χ1) is 9.01. The monoisotopic (exact) mass is 299 g/mol. The van der Waals surface area contributed by atoms with Gasteiger partial charge in [-0.15, -0.1) is 0 Å². The molecule has 0 saturated carbocycles. The van der Waals surface area contributed by atoms with Gasteiger partial charge < -0.3 is 22.3 Å². The van der Waals surface area contributed by atoms with Crippen LogP contribution in [0.2, 0.25) is 0 Å². The Morgan fingerprint density at radius 1 is 1.40 bits per heavy atom. The van der Waals surface area contributed by atoms with E-state index in [2.05, 4.69) is 6.58 Å². The van der Waals surface area contributed by atoms with Gasteiger partial charge in [0, 0.05) is 19.1 Å². The zero-order valence-corrected chi connectivity index (χ0v) is 12.7. The third-order valence-corrected chi connectivity index (χ3v) is 3.01. The van der Waals surface area contributed by atoms with Crippen LogP contribution in [0, 0.1) is 0 Å². The molecule has 0 aliphatic heterocycles. The van der Waals surface area contributed by atoms with E-state index in [1.165, 1.54) is 6.08 Å². The van der Waals surface area contributed by atoms with Crippen LogP contribution >= 0.6 is 0 Å². The highest BCUT2D eigenvalue weighted by Crippen LogP contribution is 2.27. The molecule has 112 valence electrons. The maximum absolute atomic E-state index is 11.5. The van der Waals surface area contributed by atoms with Crippen molar-refractivity contribution in [2.24, 2.45) is 0 Å². The standard InChI is InChI=1S/C15H22NO3.ClH/c1-4-14(18)19-15(13-9-6-5-7-10-13)16(2,3)11-8-12-17;/h4-7,9-10,15,17H,1,8,11-12H2,2-3H3;1H/q+1;/p-1. The number of aliphatic hydroxyl groups excluding tert-OH is 1. The molecule has 0 saturated heterocycles. The maximum atomic E-state index is 11.5. The molecule has 1 aromatic carbocycles. The molecule has 1 N–H and O–H groups in total. The van der Waals surface area contributed by atoms with Crippen LogP contribution in [0.15, 0.2) is 43.0 Å². The number of esters is 1. The highest BCUT2D eigenvalue weighted by atomic mass is 35.5. The van der Waals surface area contributed by atoms with Crippen molar-refractivity contribution in [2.45, 2.75) is 12.6 Å². The number of nitrogens with zero attached hydrogens (tertiary/aromatic N) is 1. The average Bonchev–Trinajstić information content (AvgIpc) is 2.43. The molecule has 0 aromatic heterocycles. The quantitative estimate of drug-likeness (QED) is 0.300. The molecule has 0 bridgehead atoms. The average molecular weight is 300 g/mol. The third-order valence-electron chi connectivity index (χ3n) is 3.01. The fraction of sp³-hybridized carbons (Fsp3) is 0.400. The first-order valence-corrected chi connectivity index (χ1v) is 6.33. The summed E-state index contributed by atoms with van der Waals surface area (Å²) < 4.78 is 5.94. The number of carbonyl (C=O) groups excluding carboxylic acids is 1. The number of halogens is 1. The van der Waals surface area contributed by atoms with Crippen LogP contribution < -0.4 is 12.4 Å². The maximum Gasteiger partial charge on any atom is 0.334 e. The van der Waals surface area contributed by atoms with Crippen molar-refractivity contribution >= 4 is 5.97 Å². The van der Waals surface area contributed by atoms with E-state index in [4.69, 9.17) is 9.84 Å². The van der Waals surface area contributed by atoms with E-state index in [1.807, 2.05) is 44.4 Å². The van der Waals surface area contributed by atoms with Crippen molar-refractivity contribution in [3.8, 4) is 0 Å². The summed E-state index contributed by atoms with van der Waals surface area (Å²) in [4.78, 5) is 11.5. The van der Waals surface area contributed by atoms with Gasteiger partial charge in [0.2, 0.25) is 0 Å². The van der Waals surface area contributed by atoms with Crippen molar-refractivity contribution < 1.29 is 31.5 Å². The minimum Gasteiger partial charge on any atom is -1.00 e. The lowest BCUT2D eigenvalue weighted by molar-refractivity contribution is -0.942. The van der Waals surface area contributed by atoms with Gasteiger partial charge in [-0.2, -0.15) is 0 Å². The number of hydrogen-bond acceptors (Lipinski definition) is 3. The highest BCUT2D eigenvalue weighted by Gasteiger charge is 2.32. The van der Waals surface area contributed by atoms with E-state index in [0.29, 0.717) is 17.4 Å². The van der Waals surface area contributed by atoms with Crippen molar-refractivity contribution in [3.05, 3.63) is 48.6 Å². The van der Waals surface area contributed by atoms with Gasteiger partial charge >= 0.3 is 5.97 Å². The molecule has 1 rings (SSSR count). The van der Waals surface area contributed by atoms with Crippen LogP contribution in [0.25, 0.3) is 0 Å². The minimum absolute atomic E-state index is 0. The number of quaternary nitrogens is 1. The normalized spacial score (nSPS) is 12.2. The Morgan fingerprint density at radius 3 is 2.50 bits per heavy atom. The molecule has 0 heterocycles. The van der Waals surface area contributed by atoms with Gasteiger partial charge in [0.15, 0.2) is 0 Å². The van der Waals surface area contributed by atoms with Gasteiger partial charge in [-0.25, -0.2) is 4.79 Å². The van der Waals surface area contributed by atoms with Crippen LogP contribution in [-0.2, 0) is 9.53 Å². The summed E-state index contributed by atoms with van der Waals surface area (Å²) in [5.41, 5.74) is 0.931. The number of aliphatic hydroxyl groups is 1. The van der Waals surface area contributed by atoms with Crippen molar-refractivity contribution in [1.29, 1.82) is 0 Å². The summed E-state index contributed by atoms with van der Waals surface area (Å²) >= 11 is 0. The number of hydrogen-bond donors (Lipinski definition) is 1. The molecule has 1 aromatic rings. The Hall–Kier alpha value is -1.36. The Bertz CT molecular complexity index is 420. The molecule has 4 nitrogen and oxygen atoms in total. The first-order valence-electron chi connectivity index (χ1n) is 6.33. The molecule has 0 amide bonds. The second-order valence-corrected chi connectivity index (χ2v) is 4.98. The topological polar surface area (TPSA) is 46.5 Å². The van der Waals surface area contributed by atoms with Crippen molar-refractivity contribution in [3.63, 3.8) is 0 Å². The van der Waals surface area contributed by atoms with Crippen molar-refractivity contribution in [2.75, 3.05) is 27.2 Å². The Balaban J connectivity index is 0.00000361. The van der Waals surface area contributed by atoms with Crippen LogP contribution in [-0.4, -0.2) is 42.8 Å². The third kappa shape index (κ3) is 5.33. The van der Waals surface area contributed by atoms with E-state index >= 15 is 0 Å². The fourth-order valence-corrected chi connectivity index (χ4v) is 1.99. The van der Waals surface area contributed by atoms with E-state index in [-0.39, 0.29) is 19.0 Å². The summed E-state index contributed by atoms with van der Waals surface area (Å²) in [5.74, 6) is -0.441. The molecular weight excluding hydrogens is 278 g/mol. The number of carbonyl (C=O) groups is 1. The number of benzene rings is 1. The van der Waals surface area contributed by atoms with Crippen LogP contribution in [0.3, 0.4) is 0 Å². The predicted octanol–water partition coefficient (Wildman–Crippen LogP) is -1.12. The molecule has 0 aliphatic rings. The zero-order valence-electron chi connectivity index (χ0n) is 12.0. The summed E-state index contributed by atoms with van der Waals surface area (Å²) in [5, 5.41) is 8.98. The minimum atomic E-state index is -0.441. The van der Waals surface area contributed by atoms with Gasteiger partial charge in [0.25, 0.3) is 6.23 Å². The molecule has 0 fully saturated rings. The summed E-state index contributed by atoms with van der Waals surface area (Å²) in [6.07, 6.45) is 1.42. The van der Waals surface area contributed by atoms with Crippen LogP contribution in [0.1, 0.15) is 18.2 Å². The molecular formula is C15H22ClNO3. The molecule has 0 spiro atoms. The van der Waals surface area contributed by atoms with Gasteiger partial charge in [0.05, 0.1) is 26.2 Å². The lowest BCUT2D eigenvalue weighted by Crippen LogP contribution is -3.00. The second-order valence-electron chi connectivity index (χ2n) is 4.98.